The van der Waals surface area contributed by atoms with Gasteiger partial charge in [0.1, 0.15) is 5.82 Å². The maximum Gasteiger partial charge on any atom is 0.329 e. The van der Waals surface area contributed by atoms with Crippen molar-refractivity contribution in [2.24, 2.45) is 0 Å². The van der Waals surface area contributed by atoms with Gasteiger partial charge in [-0.2, -0.15) is 8.78 Å². The fourth-order valence-electron chi connectivity index (χ4n) is 6.06. The van der Waals surface area contributed by atoms with Gasteiger partial charge in [-0.25, -0.2) is 9.18 Å². The number of rotatable bonds is 6. The molecule has 41 heavy (non-hydrogen) atoms. The normalized spacial score (nSPS) is 17.6. The summed E-state index contributed by atoms with van der Waals surface area (Å²) >= 11 is 0. The summed E-state index contributed by atoms with van der Waals surface area (Å²) in [7, 11) is 0. The van der Waals surface area contributed by atoms with Gasteiger partial charge in [0, 0.05) is 51.4 Å². The fourth-order valence-corrected chi connectivity index (χ4v) is 6.06. The second kappa shape index (κ2) is 11.1. The highest BCUT2D eigenvalue weighted by Crippen LogP contribution is 2.30. The summed E-state index contributed by atoms with van der Waals surface area (Å²) in [4.78, 5) is 34.2. The maximum absolute atomic E-state index is 14.3. The first-order valence-corrected chi connectivity index (χ1v) is 13.7. The highest BCUT2D eigenvalue weighted by atomic mass is 19.3. The van der Waals surface area contributed by atoms with Crippen LogP contribution >= 0.6 is 0 Å². The molecular weight excluding hydrogens is 539 g/mol. The fraction of sp³-hybridized carbons (Fsp3) is 0.464. The second-order valence-electron chi connectivity index (χ2n) is 10.7. The van der Waals surface area contributed by atoms with E-state index in [1.807, 2.05) is 4.90 Å². The maximum atomic E-state index is 14.3. The van der Waals surface area contributed by atoms with Crippen LogP contribution in [0.3, 0.4) is 0 Å². The number of benzene rings is 1. The molecule has 2 aliphatic heterocycles. The smallest absolute Gasteiger partial charge is 0.329 e. The van der Waals surface area contributed by atoms with Gasteiger partial charge in [0.15, 0.2) is 0 Å². The van der Waals surface area contributed by atoms with E-state index in [1.165, 1.54) is 22.9 Å². The minimum atomic E-state index is -2.87. The van der Waals surface area contributed by atoms with E-state index in [9.17, 15) is 22.8 Å². The van der Waals surface area contributed by atoms with Gasteiger partial charge in [-0.15, -0.1) is 10.2 Å². The third kappa shape index (κ3) is 5.37. The summed E-state index contributed by atoms with van der Waals surface area (Å²) < 4.78 is 48.2. The summed E-state index contributed by atoms with van der Waals surface area (Å²) in [5, 5.41) is 6.96. The van der Waals surface area contributed by atoms with Crippen molar-refractivity contribution in [3.8, 4) is 11.5 Å². The molecule has 0 saturated carbocycles. The second-order valence-corrected chi connectivity index (χ2v) is 10.7. The number of imidazole rings is 1. The van der Waals surface area contributed by atoms with Gasteiger partial charge in [-0.3, -0.25) is 18.9 Å². The minimum absolute atomic E-state index is 0.0258. The number of alkyl halides is 2. The van der Waals surface area contributed by atoms with Gasteiger partial charge in [0.25, 0.3) is 5.89 Å². The number of carbonyl (C=O) groups excluding carboxylic acids is 1. The van der Waals surface area contributed by atoms with Gasteiger partial charge in [-0.1, -0.05) is 0 Å². The average Bonchev–Trinajstić information content (AvgIpc) is 3.57. The molecule has 0 unspecified atom stereocenters. The molecule has 4 aromatic rings. The standard InChI is InChI=1S/C28H30F3N7O3/c1-17(39)35-10-6-21(7-11-35)36-12-8-22(9-13-36)38-23-5-3-19(29)14-24(23)37(28(38)40)16-20-4-2-18(15-32-20)26-33-34-27(41-26)25(30)31/h2-5,14-15,21-22,25H,6-13,16H2,1H3. The molecule has 1 aromatic carbocycles. The Morgan fingerprint density at radius 2 is 1.73 bits per heavy atom. The summed E-state index contributed by atoms with van der Waals surface area (Å²) in [6.45, 7) is 4.97. The number of amides is 1. The first-order chi connectivity index (χ1) is 19.8. The third-order valence-corrected chi connectivity index (χ3v) is 8.23. The molecule has 2 aliphatic rings. The van der Waals surface area contributed by atoms with Crippen molar-refractivity contribution >= 4 is 16.9 Å². The van der Waals surface area contributed by atoms with Gasteiger partial charge in [-0.05, 0) is 56.0 Å². The van der Waals surface area contributed by atoms with Crippen molar-refractivity contribution < 1.29 is 22.4 Å². The zero-order chi connectivity index (χ0) is 28.7. The van der Waals surface area contributed by atoms with Crippen molar-refractivity contribution in [3.63, 3.8) is 0 Å². The highest BCUT2D eigenvalue weighted by molar-refractivity contribution is 5.76. The van der Waals surface area contributed by atoms with Crippen LogP contribution in [0.15, 0.2) is 45.7 Å². The molecule has 0 atom stereocenters. The molecule has 1 amide bonds. The Balaban J connectivity index is 1.20. The molecule has 5 heterocycles. The molecule has 0 radical (unpaired) electrons. The average molecular weight is 570 g/mol. The van der Waals surface area contributed by atoms with Crippen molar-refractivity contribution in [2.75, 3.05) is 26.2 Å². The number of fused-ring (bicyclic) bond motifs is 1. The first-order valence-electron chi connectivity index (χ1n) is 13.7. The Morgan fingerprint density at radius 1 is 1.00 bits per heavy atom. The number of nitrogens with zero attached hydrogens (tertiary/aromatic N) is 7. The van der Waals surface area contributed by atoms with E-state index in [1.54, 1.807) is 29.7 Å². The molecule has 0 bridgehead atoms. The number of aromatic nitrogens is 5. The molecular formula is C28H30F3N7O3. The first kappa shape index (κ1) is 27.2. The molecule has 2 saturated heterocycles. The zero-order valence-corrected chi connectivity index (χ0v) is 22.5. The Hall–Kier alpha value is -4.00. The Bertz CT molecular complexity index is 1600. The lowest BCUT2D eigenvalue weighted by Gasteiger charge is -2.41. The van der Waals surface area contributed by atoms with E-state index in [2.05, 4.69) is 20.1 Å². The Kier molecular flexibility index (Phi) is 7.37. The molecule has 3 aromatic heterocycles. The quantitative estimate of drug-likeness (QED) is 0.346. The topological polar surface area (TPSA) is 102 Å². The van der Waals surface area contributed by atoms with Gasteiger partial charge in [0.2, 0.25) is 11.8 Å². The number of piperidine rings is 2. The summed E-state index contributed by atoms with van der Waals surface area (Å²) in [6, 6.07) is 8.04. The highest BCUT2D eigenvalue weighted by Gasteiger charge is 2.31. The van der Waals surface area contributed by atoms with Crippen LogP contribution in [0.1, 0.15) is 56.7 Å². The van der Waals surface area contributed by atoms with Crippen molar-refractivity contribution in [1.29, 1.82) is 0 Å². The van der Waals surface area contributed by atoms with Crippen LogP contribution in [-0.4, -0.2) is 72.2 Å². The summed E-state index contributed by atoms with van der Waals surface area (Å²) in [6.07, 6.45) is 2.04. The van der Waals surface area contributed by atoms with Gasteiger partial charge in [0.05, 0.1) is 28.8 Å². The van der Waals surface area contributed by atoms with Crippen LogP contribution < -0.4 is 5.69 Å². The Morgan fingerprint density at radius 3 is 2.37 bits per heavy atom. The monoisotopic (exact) mass is 569 g/mol. The Labute approximate surface area is 233 Å². The third-order valence-electron chi connectivity index (χ3n) is 8.23. The van der Waals surface area contributed by atoms with Crippen molar-refractivity contribution in [3.05, 3.63) is 64.4 Å². The predicted octanol–water partition coefficient (Wildman–Crippen LogP) is 4.02. The van der Waals surface area contributed by atoms with E-state index in [0.717, 1.165) is 51.9 Å². The van der Waals surface area contributed by atoms with Crippen LogP contribution in [0.5, 0.6) is 0 Å². The van der Waals surface area contributed by atoms with E-state index >= 15 is 0 Å². The molecule has 216 valence electrons. The molecule has 0 spiro atoms. The number of carbonyl (C=O) groups is 1. The molecule has 13 heteroatoms. The van der Waals surface area contributed by atoms with Crippen molar-refractivity contribution in [2.45, 2.75) is 57.7 Å². The lowest BCUT2D eigenvalue weighted by atomic mass is 9.97. The number of hydrogen-bond donors (Lipinski definition) is 0. The SMILES string of the molecule is CC(=O)N1CCC(N2CCC(n3c(=O)n(Cc4ccc(-c5nnc(C(F)F)o5)cn4)c4cc(F)ccc43)CC2)CC1. The van der Waals surface area contributed by atoms with Crippen LogP contribution in [0, 0.1) is 5.82 Å². The van der Waals surface area contributed by atoms with E-state index < -0.39 is 18.1 Å². The largest absolute Gasteiger partial charge is 0.415 e. The summed E-state index contributed by atoms with van der Waals surface area (Å²) in [5.41, 5.74) is 1.82. The number of pyridine rings is 1. The number of likely N-dealkylation sites (tertiary alicyclic amines) is 2. The van der Waals surface area contributed by atoms with Crippen LogP contribution in [0.25, 0.3) is 22.5 Å². The van der Waals surface area contributed by atoms with Crippen LogP contribution in [0.2, 0.25) is 0 Å². The molecule has 2 fully saturated rings. The molecule has 6 rings (SSSR count). The lowest BCUT2D eigenvalue weighted by molar-refractivity contribution is -0.130. The zero-order valence-electron chi connectivity index (χ0n) is 22.5. The number of halogens is 3. The van der Waals surface area contributed by atoms with Crippen LogP contribution in [0.4, 0.5) is 13.2 Å². The number of hydrogen-bond acceptors (Lipinski definition) is 7. The lowest BCUT2D eigenvalue weighted by Crippen LogP contribution is -2.49. The molecule has 10 nitrogen and oxygen atoms in total. The van der Waals surface area contributed by atoms with E-state index in [4.69, 9.17) is 4.42 Å². The molecule has 0 aliphatic carbocycles. The van der Waals surface area contributed by atoms with Crippen molar-refractivity contribution in [1.82, 2.24) is 34.1 Å². The summed E-state index contributed by atoms with van der Waals surface area (Å²) in [5.74, 6) is -1.17. The minimum Gasteiger partial charge on any atom is -0.415 e. The van der Waals surface area contributed by atoms with E-state index in [-0.39, 0.29) is 30.1 Å². The molecule has 0 N–H and O–H groups in total. The van der Waals surface area contributed by atoms with E-state index in [0.29, 0.717) is 28.3 Å². The van der Waals surface area contributed by atoms with Crippen LogP contribution in [-0.2, 0) is 11.3 Å². The van der Waals surface area contributed by atoms with Gasteiger partial charge >= 0.3 is 12.1 Å². The predicted molar refractivity (Wildman–Crippen MR) is 143 cm³/mol. The van der Waals surface area contributed by atoms with Gasteiger partial charge < -0.3 is 14.2 Å².